The number of halogens is 1. The van der Waals surface area contributed by atoms with E-state index in [2.05, 4.69) is 27.3 Å². The number of ketones is 1. The molecule has 1 aromatic rings. The molecule has 0 aliphatic carbocycles. The number of allylic oxidation sites excluding steroid dienone is 2. The largest absolute Gasteiger partial charge is 0.293 e. The maximum Gasteiger partial charge on any atom is 0.246 e. The third kappa shape index (κ3) is 4.11. The highest BCUT2D eigenvalue weighted by Crippen LogP contribution is 2.30. The Hall–Kier alpha value is -0.790. The molecular formula is C14H19BrN2O2S2. The second-order valence-corrected chi connectivity index (χ2v) is 7.21. The Labute approximate surface area is 140 Å². The zero-order chi connectivity index (χ0) is 16.2. The molecule has 2 heterocycles. The SMILES string of the molecule is CC.CCc1sc(C2=NS(=O)N(C)C(C(C)=O)=C2)cc1Br. The number of hydrogen-bond donors (Lipinski definition) is 0. The summed E-state index contributed by atoms with van der Waals surface area (Å²) < 4.78 is 18.4. The molecule has 1 aliphatic rings. The lowest BCUT2D eigenvalue weighted by Gasteiger charge is -2.20. The maximum absolute atomic E-state index is 11.9. The van der Waals surface area contributed by atoms with Gasteiger partial charge in [0, 0.05) is 23.3 Å². The zero-order valence-electron chi connectivity index (χ0n) is 12.8. The standard InChI is InChI=1S/C12H13BrN2O2S2.C2H6/c1-4-11-8(13)5-12(18-11)9-6-10(7(2)16)15(3)19(17)14-9;1-2/h5-6H,4H2,1-3H3;1-2H3. The Morgan fingerprint density at radius 2 is 2.10 bits per heavy atom. The maximum atomic E-state index is 11.9. The first kappa shape index (κ1) is 18.3. The molecule has 7 heteroatoms. The number of hydrogen-bond acceptors (Lipinski definition) is 3. The predicted molar refractivity (Wildman–Crippen MR) is 94.0 cm³/mol. The van der Waals surface area contributed by atoms with E-state index < -0.39 is 11.2 Å². The molecule has 21 heavy (non-hydrogen) atoms. The van der Waals surface area contributed by atoms with Crippen molar-refractivity contribution in [3.8, 4) is 0 Å². The van der Waals surface area contributed by atoms with Gasteiger partial charge in [-0.1, -0.05) is 20.8 Å². The van der Waals surface area contributed by atoms with Crippen molar-refractivity contribution >= 4 is 49.9 Å². The van der Waals surface area contributed by atoms with Crippen molar-refractivity contribution < 1.29 is 9.00 Å². The van der Waals surface area contributed by atoms with Gasteiger partial charge in [0.2, 0.25) is 11.2 Å². The molecule has 116 valence electrons. The Kier molecular flexibility index (Phi) is 6.96. The van der Waals surface area contributed by atoms with Gasteiger partial charge >= 0.3 is 0 Å². The molecule has 0 N–H and O–H groups in total. The Balaban J connectivity index is 0.00000106. The summed E-state index contributed by atoms with van der Waals surface area (Å²) in [5, 5.41) is 0. The van der Waals surface area contributed by atoms with Crippen LogP contribution in [0.25, 0.3) is 0 Å². The molecule has 1 atom stereocenters. The Bertz CT molecular complexity index is 620. The molecule has 0 amide bonds. The van der Waals surface area contributed by atoms with Crippen LogP contribution in [0.4, 0.5) is 0 Å². The van der Waals surface area contributed by atoms with Crippen molar-refractivity contribution in [3.05, 3.63) is 32.1 Å². The van der Waals surface area contributed by atoms with Gasteiger partial charge in [-0.05, 0) is 34.5 Å². The highest BCUT2D eigenvalue weighted by molar-refractivity contribution is 9.10. The van der Waals surface area contributed by atoms with Crippen molar-refractivity contribution in [2.45, 2.75) is 34.1 Å². The normalized spacial score (nSPS) is 17.6. The van der Waals surface area contributed by atoms with E-state index >= 15 is 0 Å². The van der Waals surface area contributed by atoms with E-state index in [9.17, 15) is 9.00 Å². The summed E-state index contributed by atoms with van der Waals surface area (Å²) in [4.78, 5) is 13.7. The number of nitrogens with zero attached hydrogens (tertiary/aromatic N) is 2. The van der Waals surface area contributed by atoms with Gasteiger partial charge in [-0.3, -0.25) is 9.10 Å². The van der Waals surface area contributed by atoms with Crippen LogP contribution in [0.3, 0.4) is 0 Å². The van der Waals surface area contributed by atoms with E-state index in [1.54, 1.807) is 24.5 Å². The van der Waals surface area contributed by atoms with Crippen LogP contribution in [-0.4, -0.2) is 27.1 Å². The van der Waals surface area contributed by atoms with Gasteiger partial charge in [0.05, 0.1) is 16.3 Å². The van der Waals surface area contributed by atoms with Crippen LogP contribution in [0.5, 0.6) is 0 Å². The molecule has 1 aliphatic heterocycles. The minimum atomic E-state index is -1.54. The lowest BCUT2D eigenvalue weighted by atomic mass is 10.2. The van der Waals surface area contributed by atoms with Crippen molar-refractivity contribution in [3.63, 3.8) is 0 Å². The number of likely N-dealkylation sites (N-methyl/N-ethyl adjacent to an activating group) is 1. The van der Waals surface area contributed by atoms with E-state index in [1.807, 2.05) is 19.9 Å². The highest BCUT2D eigenvalue weighted by Gasteiger charge is 2.23. The van der Waals surface area contributed by atoms with Gasteiger partial charge < -0.3 is 0 Å². The molecule has 0 aromatic carbocycles. The average Bonchev–Trinajstić information content (AvgIpc) is 2.84. The number of rotatable bonds is 3. The van der Waals surface area contributed by atoms with Crippen molar-refractivity contribution in [1.82, 2.24) is 4.31 Å². The molecule has 1 unspecified atom stereocenters. The predicted octanol–water partition coefficient (Wildman–Crippen LogP) is 3.89. The number of carbonyl (C=O) groups is 1. The van der Waals surface area contributed by atoms with Gasteiger partial charge in [-0.2, -0.15) is 4.40 Å². The molecule has 1 aromatic heterocycles. The second kappa shape index (κ2) is 8.00. The Morgan fingerprint density at radius 1 is 1.48 bits per heavy atom. The van der Waals surface area contributed by atoms with Crippen LogP contribution >= 0.6 is 27.3 Å². The summed E-state index contributed by atoms with van der Waals surface area (Å²) in [5.74, 6) is -0.116. The van der Waals surface area contributed by atoms with Crippen molar-refractivity contribution in [1.29, 1.82) is 0 Å². The summed E-state index contributed by atoms with van der Waals surface area (Å²) in [7, 11) is 1.60. The topological polar surface area (TPSA) is 49.7 Å². The first-order valence-electron chi connectivity index (χ1n) is 6.69. The van der Waals surface area contributed by atoms with Crippen LogP contribution < -0.4 is 0 Å². The summed E-state index contributed by atoms with van der Waals surface area (Å²) >= 11 is 3.55. The number of Topliss-reactive ketones (excluding diaryl/α,β-unsaturated/α-hetero) is 1. The highest BCUT2D eigenvalue weighted by atomic mass is 79.9. The first-order valence-corrected chi connectivity index (χ1v) is 9.37. The van der Waals surface area contributed by atoms with Gasteiger partial charge in [-0.25, -0.2) is 4.21 Å². The quantitative estimate of drug-likeness (QED) is 0.785. The number of thiophene rings is 1. The fraction of sp³-hybridized carbons (Fsp3) is 0.429. The van der Waals surface area contributed by atoms with Crippen LogP contribution in [0.15, 0.2) is 26.7 Å². The molecule has 0 bridgehead atoms. The smallest absolute Gasteiger partial charge is 0.246 e. The third-order valence-corrected chi connectivity index (χ3v) is 6.01. The summed E-state index contributed by atoms with van der Waals surface area (Å²) in [5.41, 5.74) is 1.03. The van der Waals surface area contributed by atoms with Crippen molar-refractivity contribution in [2.75, 3.05) is 7.05 Å². The van der Waals surface area contributed by atoms with E-state index in [1.165, 1.54) is 16.1 Å². The van der Waals surface area contributed by atoms with E-state index in [0.717, 1.165) is 15.8 Å². The summed E-state index contributed by atoms with van der Waals surface area (Å²) in [6, 6.07) is 1.96. The van der Waals surface area contributed by atoms with Gasteiger partial charge in [0.15, 0.2) is 5.78 Å². The van der Waals surface area contributed by atoms with Crippen molar-refractivity contribution in [2.24, 2.45) is 4.40 Å². The number of aryl methyl sites for hydroxylation is 1. The van der Waals surface area contributed by atoms with Crippen LogP contribution in [0, 0.1) is 0 Å². The zero-order valence-corrected chi connectivity index (χ0v) is 16.0. The minimum Gasteiger partial charge on any atom is -0.293 e. The molecule has 0 saturated carbocycles. The summed E-state index contributed by atoms with van der Waals surface area (Å²) in [6.45, 7) is 7.54. The van der Waals surface area contributed by atoms with Crippen LogP contribution in [-0.2, 0) is 22.4 Å². The van der Waals surface area contributed by atoms with E-state index in [-0.39, 0.29) is 5.78 Å². The number of carbonyl (C=O) groups excluding carboxylic acids is 1. The van der Waals surface area contributed by atoms with Crippen LogP contribution in [0.2, 0.25) is 0 Å². The fourth-order valence-corrected chi connectivity index (χ4v) is 4.39. The molecule has 0 spiro atoms. The molecule has 4 nitrogen and oxygen atoms in total. The van der Waals surface area contributed by atoms with Gasteiger partial charge in [-0.15, -0.1) is 11.3 Å². The third-order valence-electron chi connectivity index (χ3n) is 2.72. The monoisotopic (exact) mass is 390 g/mol. The average molecular weight is 391 g/mol. The van der Waals surface area contributed by atoms with E-state index in [4.69, 9.17) is 0 Å². The molecular weight excluding hydrogens is 372 g/mol. The lowest BCUT2D eigenvalue weighted by Crippen LogP contribution is -2.28. The molecule has 0 radical (unpaired) electrons. The summed E-state index contributed by atoms with van der Waals surface area (Å²) in [6.07, 6.45) is 2.62. The fourth-order valence-electron chi connectivity index (χ4n) is 1.69. The van der Waals surface area contributed by atoms with E-state index in [0.29, 0.717) is 11.4 Å². The lowest BCUT2D eigenvalue weighted by molar-refractivity contribution is -0.114. The van der Waals surface area contributed by atoms with Gasteiger partial charge in [0.25, 0.3) is 0 Å². The second-order valence-electron chi connectivity index (χ2n) is 4.03. The molecule has 0 fully saturated rings. The minimum absolute atomic E-state index is 0.116. The molecule has 0 saturated heterocycles. The first-order chi connectivity index (χ1) is 9.93. The Morgan fingerprint density at radius 3 is 2.57 bits per heavy atom. The van der Waals surface area contributed by atoms with Crippen LogP contribution in [0.1, 0.15) is 37.4 Å². The molecule has 2 rings (SSSR count). The van der Waals surface area contributed by atoms with Gasteiger partial charge in [0.1, 0.15) is 0 Å².